The van der Waals surface area contributed by atoms with Crippen LogP contribution in [0.25, 0.3) is 5.70 Å². The molecule has 0 aromatic heterocycles. The molecule has 0 fully saturated rings. The van der Waals surface area contributed by atoms with E-state index in [-0.39, 0.29) is 0 Å². The summed E-state index contributed by atoms with van der Waals surface area (Å²) >= 11 is 0. The van der Waals surface area contributed by atoms with Crippen LogP contribution in [0.5, 0.6) is 0 Å². The minimum atomic E-state index is 0.679. The van der Waals surface area contributed by atoms with E-state index in [1.54, 1.807) is 0 Å². The van der Waals surface area contributed by atoms with Gasteiger partial charge in [-0.2, -0.15) is 5.26 Å². The van der Waals surface area contributed by atoms with Crippen molar-refractivity contribution in [3.63, 3.8) is 0 Å². The van der Waals surface area contributed by atoms with E-state index in [4.69, 9.17) is 5.26 Å². The zero-order valence-corrected chi connectivity index (χ0v) is 12.7. The third-order valence-corrected chi connectivity index (χ3v) is 3.74. The average molecular weight is 290 g/mol. The highest BCUT2D eigenvalue weighted by Crippen LogP contribution is 2.24. The van der Waals surface area contributed by atoms with Crippen LogP contribution in [-0.4, -0.2) is 20.6 Å². The lowest BCUT2D eigenvalue weighted by Crippen LogP contribution is -2.31. The molecule has 4 nitrogen and oxygen atoms in total. The number of nitriles is 1. The molecule has 1 N–H and O–H groups in total. The molecule has 1 aliphatic heterocycles. The Morgan fingerprint density at radius 2 is 1.73 bits per heavy atom. The Hall–Kier alpha value is -2.93. The molecule has 0 bridgehead atoms. The van der Waals surface area contributed by atoms with Gasteiger partial charge in [0.1, 0.15) is 0 Å². The van der Waals surface area contributed by atoms with Crippen molar-refractivity contribution in [3.05, 3.63) is 65.7 Å². The number of nitrogens with zero attached hydrogens (tertiary/aromatic N) is 3. The third kappa shape index (κ3) is 2.75. The van der Waals surface area contributed by atoms with Crippen molar-refractivity contribution in [3.8, 4) is 6.07 Å². The molecule has 2 aromatic carbocycles. The molecule has 0 atom stereocenters. The summed E-state index contributed by atoms with van der Waals surface area (Å²) in [5, 5.41) is 11.0. The van der Waals surface area contributed by atoms with Gasteiger partial charge in [0.05, 0.1) is 29.6 Å². The largest absolute Gasteiger partial charge is 0.378 e. The Balaban J connectivity index is 1.72. The Morgan fingerprint density at radius 1 is 1.05 bits per heavy atom. The summed E-state index contributed by atoms with van der Waals surface area (Å²) in [7, 11) is 4.07. The fourth-order valence-electron chi connectivity index (χ4n) is 2.43. The van der Waals surface area contributed by atoms with E-state index < -0.39 is 0 Å². The van der Waals surface area contributed by atoms with Crippen molar-refractivity contribution in [2.24, 2.45) is 0 Å². The van der Waals surface area contributed by atoms with Gasteiger partial charge in [0.25, 0.3) is 0 Å². The topological polar surface area (TPSA) is 42.3 Å². The lowest BCUT2D eigenvalue weighted by molar-refractivity contribution is 0.852. The minimum Gasteiger partial charge on any atom is -0.378 e. The van der Waals surface area contributed by atoms with E-state index in [1.807, 2.05) is 38.4 Å². The van der Waals surface area contributed by atoms with Crippen LogP contribution in [0.1, 0.15) is 11.1 Å². The van der Waals surface area contributed by atoms with E-state index >= 15 is 0 Å². The Bertz CT molecular complexity index is 721. The quantitative estimate of drug-likeness (QED) is 0.943. The Morgan fingerprint density at radius 3 is 2.32 bits per heavy atom. The van der Waals surface area contributed by atoms with Gasteiger partial charge in [0.2, 0.25) is 0 Å². The normalized spacial score (nSPS) is 13.3. The number of hydrogen-bond acceptors (Lipinski definition) is 4. The first-order chi connectivity index (χ1) is 10.7. The third-order valence-electron chi connectivity index (χ3n) is 3.74. The lowest BCUT2D eigenvalue weighted by Gasteiger charge is -2.21. The van der Waals surface area contributed by atoms with E-state index in [1.165, 1.54) is 5.69 Å². The van der Waals surface area contributed by atoms with Crippen molar-refractivity contribution in [1.82, 2.24) is 5.43 Å². The first-order valence-corrected chi connectivity index (χ1v) is 7.19. The number of hydrazine groups is 1. The molecule has 3 rings (SSSR count). The van der Waals surface area contributed by atoms with Crippen molar-refractivity contribution < 1.29 is 0 Å². The van der Waals surface area contributed by atoms with Crippen molar-refractivity contribution >= 4 is 17.1 Å². The van der Waals surface area contributed by atoms with Crippen LogP contribution in [0.2, 0.25) is 0 Å². The van der Waals surface area contributed by atoms with Gasteiger partial charge in [-0.25, -0.2) is 0 Å². The minimum absolute atomic E-state index is 0.679. The van der Waals surface area contributed by atoms with Gasteiger partial charge in [0, 0.05) is 19.8 Å². The fourth-order valence-corrected chi connectivity index (χ4v) is 2.43. The van der Waals surface area contributed by atoms with Crippen LogP contribution in [0.15, 0.2) is 54.6 Å². The smallest absolute Gasteiger partial charge is 0.0991 e. The summed E-state index contributed by atoms with van der Waals surface area (Å²) in [5.41, 5.74) is 8.56. The van der Waals surface area contributed by atoms with Crippen LogP contribution in [0.4, 0.5) is 11.4 Å². The fraction of sp³-hybridized carbons (Fsp3) is 0.167. The van der Waals surface area contributed by atoms with Crippen LogP contribution in [0, 0.1) is 11.3 Å². The molecule has 0 spiro atoms. The van der Waals surface area contributed by atoms with Gasteiger partial charge >= 0.3 is 0 Å². The van der Waals surface area contributed by atoms with Gasteiger partial charge in [-0.05, 0) is 48.0 Å². The highest BCUT2D eigenvalue weighted by molar-refractivity contribution is 5.70. The van der Waals surface area contributed by atoms with Crippen molar-refractivity contribution in [2.45, 2.75) is 0 Å². The molecule has 0 saturated carbocycles. The molecular weight excluding hydrogens is 272 g/mol. The number of anilines is 2. The molecule has 0 aliphatic carbocycles. The zero-order valence-electron chi connectivity index (χ0n) is 12.7. The molecule has 1 aliphatic rings. The Kier molecular flexibility index (Phi) is 3.71. The maximum atomic E-state index is 8.85. The summed E-state index contributed by atoms with van der Waals surface area (Å²) in [6.45, 7) is 0.816. The number of hydrogen-bond donors (Lipinski definition) is 1. The number of benzene rings is 2. The van der Waals surface area contributed by atoms with E-state index in [0.717, 1.165) is 23.5 Å². The predicted molar refractivity (Wildman–Crippen MR) is 90.4 cm³/mol. The van der Waals surface area contributed by atoms with E-state index in [9.17, 15) is 0 Å². The van der Waals surface area contributed by atoms with Gasteiger partial charge in [0.15, 0.2) is 0 Å². The summed E-state index contributed by atoms with van der Waals surface area (Å²) in [5.74, 6) is 0. The summed E-state index contributed by atoms with van der Waals surface area (Å²) in [6.07, 6.45) is 2.15. The van der Waals surface area contributed by atoms with Crippen LogP contribution >= 0.6 is 0 Å². The highest BCUT2D eigenvalue weighted by Gasteiger charge is 2.15. The predicted octanol–water partition coefficient (Wildman–Crippen LogP) is 2.99. The van der Waals surface area contributed by atoms with Crippen LogP contribution in [0.3, 0.4) is 0 Å². The number of nitrogens with one attached hydrogen (secondary N) is 1. The maximum absolute atomic E-state index is 8.85. The zero-order chi connectivity index (χ0) is 15.5. The summed E-state index contributed by atoms with van der Waals surface area (Å²) in [4.78, 5) is 2.08. The van der Waals surface area contributed by atoms with Gasteiger partial charge < -0.3 is 4.90 Å². The molecule has 4 heteroatoms. The van der Waals surface area contributed by atoms with Crippen molar-refractivity contribution in [2.75, 3.05) is 30.5 Å². The standard InChI is InChI=1S/C18H18N4/c1-21(2)16-7-9-17(10-8-16)22-12-11-18(20-22)15-5-3-14(13-19)4-6-15/h3-11,20H,12H2,1-2H3. The van der Waals surface area contributed by atoms with Crippen LogP contribution in [-0.2, 0) is 0 Å². The molecule has 0 saturated heterocycles. The van der Waals surface area contributed by atoms with Crippen molar-refractivity contribution in [1.29, 1.82) is 5.26 Å². The average Bonchev–Trinajstić information content (AvgIpc) is 3.05. The van der Waals surface area contributed by atoms with Gasteiger partial charge in [-0.15, -0.1) is 0 Å². The van der Waals surface area contributed by atoms with Gasteiger partial charge in [-0.3, -0.25) is 10.4 Å². The van der Waals surface area contributed by atoms with E-state index in [2.05, 4.69) is 51.7 Å². The molecule has 110 valence electrons. The molecular formula is C18H18N4. The van der Waals surface area contributed by atoms with Gasteiger partial charge in [-0.1, -0.05) is 12.1 Å². The number of rotatable bonds is 3. The second kappa shape index (κ2) is 5.82. The first-order valence-electron chi connectivity index (χ1n) is 7.19. The summed E-state index contributed by atoms with van der Waals surface area (Å²) in [6, 6.07) is 18.2. The summed E-state index contributed by atoms with van der Waals surface area (Å²) < 4.78 is 0. The maximum Gasteiger partial charge on any atom is 0.0991 e. The first kappa shape index (κ1) is 14.0. The molecule has 2 aromatic rings. The Labute approximate surface area is 130 Å². The second-order valence-electron chi connectivity index (χ2n) is 5.44. The molecule has 1 heterocycles. The SMILES string of the molecule is CN(C)c1ccc(N2CC=C(c3ccc(C#N)cc3)N2)cc1. The molecule has 0 radical (unpaired) electrons. The molecule has 0 amide bonds. The van der Waals surface area contributed by atoms with Crippen LogP contribution < -0.4 is 15.3 Å². The van der Waals surface area contributed by atoms with E-state index in [0.29, 0.717) is 5.56 Å². The molecule has 22 heavy (non-hydrogen) atoms. The highest BCUT2D eigenvalue weighted by atomic mass is 15.5. The molecule has 0 unspecified atom stereocenters. The lowest BCUT2D eigenvalue weighted by atomic mass is 10.1. The monoisotopic (exact) mass is 290 g/mol. The second-order valence-corrected chi connectivity index (χ2v) is 5.44.